The molecule has 0 aliphatic heterocycles. The highest BCUT2D eigenvalue weighted by molar-refractivity contribution is 5.81. The van der Waals surface area contributed by atoms with Crippen molar-refractivity contribution in [2.75, 3.05) is 6.61 Å². The van der Waals surface area contributed by atoms with Crippen LogP contribution in [0.3, 0.4) is 0 Å². The molecule has 1 N–H and O–H groups in total. The third-order valence-corrected chi connectivity index (χ3v) is 7.56. The number of carbonyl (C=O) groups is 1. The van der Waals surface area contributed by atoms with Crippen molar-refractivity contribution in [3.63, 3.8) is 0 Å². The Balaban J connectivity index is 2.29. The van der Waals surface area contributed by atoms with Gasteiger partial charge in [-0.2, -0.15) is 0 Å². The van der Waals surface area contributed by atoms with E-state index in [1.807, 2.05) is 18.2 Å². The molecule has 1 rings (SSSR count). The minimum atomic E-state index is -1.63. The number of ether oxygens (including phenoxy) is 1. The summed E-state index contributed by atoms with van der Waals surface area (Å²) >= 11 is 0. The zero-order valence-corrected chi connectivity index (χ0v) is 26.3. The number of rotatable bonds is 20. The molecule has 1 atom stereocenters. The Kier molecular flexibility index (Phi) is 16.5. The number of hydrogen-bond donors (Lipinski definition) is 1. The molecule has 0 saturated heterocycles. The topological polar surface area (TPSA) is 46.5 Å². The number of carbonyl (C=O) groups excluding carboxylic acids is 1. The average molecular weight is 531 g/mol. The van der Waals surface area contributed by atoms with Crippen LogP contribution in [0.5, 0.6) is 0 Å². The molecule has 220 valence electrons. The summed E-state index contributed by atoms with van der Waals surface area (Å²) in [6.07, 6.45) is 21.4. The molecule has 1 aromatic rings. The Hall–Kier alpha value is -1.35. The third kappa shape index (κ3) is 14.7. The van der Waals surface area contributed by atoms with Crippen LogP contribution in [-0.2, 0) is 20.5 Å². The van der Waals surface area contributed by atoms with Crippen molar-refractivity contribution in [2.24, 2.45) is 5.41 Å². The molecule has 3 heteroatoms. The van der Waals surface area contributed by atoms with Gasteiger partial charge in [-0.1, -0.05) is 169 Å². The van der Waals surface area contributed by atoms with E-state index in [2.05, 4.69) is 54.5 Å². The first-order valence-electron chi connectivity index (χ1n) is 15.9. The minimum absolute atomic E-state index is 0.0594. The Morgan fingerprint density at radius 1 is 0.684 bits per heavy atom. The molecule has 0 saturated carbocycles. The number of aliphatic hydroxyl groups is 1. The number of unbranched alkanes of at least 4 members (excludes halogenated alkanes) is 15. The highest BCUT2D eigenvalue weighted by Gasteiger charge is 2.43. The van der Waals surface area contributed by atoms with Gasteiger partial charge in [0.2, 0.25) is 0 Å². The quantitative estimate of drug-likeness (QED) is 0.135. The van der Waals surface area contributed by atoms with Crippen molar-refractivity contribution in [3.8, 4) is 0 Å². The largest absolute Gasteiger partial charge is 0.463 e. The summed E-state index contributed by atoms with van der Waals surface area (Å²) in [7, 11) is 0. The van der Waals surface area contributed by atoms with Gasteiger partial charge >= 0.3 is 5.97 Å². The Morgan fingerprint density at radius 3 is 1.53 bits per heavy atom. The Morgan fingerprint density at radius 2 is 1.11 bits per heavy atom. The summed E-state index contributed by atoms with van der Waals surface area (Å²) in [5, 5.41) is 11.6. The highest BCUT2D eigenvalue weighted by atomic mass is 16.5. The Labute approximate surface area is 236 Å². The average Bonchev–Trinajstić information content (AvgIpc) is 2.84. The molecule has 0 amide bonds. The number of esters is 1. The zero-order chi connectivity index (χ0) is 28.5. The van der Waals surface area contributed by atoms with Crippen LogP contribution >= 0.6 is 0 Å². The normalized spacial score (nSPS) is 13.9. The van der Waals surface area contributed by atoms with Crippen LogP contribution in [-0.4, -0.2) is 17.7 Å². The molecule has 0 heterocycles. The van der Waals surface area contributed by atoms with E-state index in [1.165, 1.54) is 89.9 Å². The summed E-state index contributed by atoms with van der Waals surface area (Å²) in [5.74, 6) is -0.514. The second-order valence-electron chi connectivity index (χ2n) is 13.9. The van der Waals surface area contributed by atoms with Crippen molar-refractivity contribution in [3.05, 3.63) is 35.4 Å². The smallest absolute Gasteiger partial charge is 0.342 e. The van der Waals surface area contributed by atoms with E-state index >= 15 is 0 Å². The fourth-order valence-corrected chi connectivity index (χ4v) is 5.24. The first-order valence-corrected chi connectivity index (χ1v) is 15.9. The maximum Gasteiger partial charge on any atom is 0.342 e. The molecular weight excluding hydrogens is 468 g/mol. The summed E-state index contributed by atoms with van der Waals surface area (Å²) in [6, 6.07) is 7.83. The molecule has 0 radical (unpaired) electrons. The minimum Gasteiger partial charge on any atom is -0.463 e. The van der Waals surface area contributed by atoms with Crippen LogP contribution in [0.15, 0.2) is 24.3 Å². The highest BCUT2D eigenvalue weighted by Crippen LogP contribution is 2.37. The van der Waals surface area contributed by atoms with Crippen LogP contribution in [0, 0.1) is 5.41 Å². The molecule has 38 heavy (non-hydrogen) atoms. The molecule has 0 aliphatic carbocycles. The lowest BCUT2D eigenvalue weighted by Gasteiger charge is -2.33. The second kappa shape index (κ2) is 18.1. The standard InChI is InChI=1S/C35H62O3/c1-8-9-10-11-12-13-14-15-16-17-18-19-20-21-22-23-27-38-32(36)35(37,29-33(2,3)4)31-26-24-25-30(28-31)34(5,6)7/h24-26,28,37H,8-23,27,29H2,1-7H3. The maximum absolute atomic E-state index is 13.2. The summed E-state index contributed by atoms with van der Waals surface area (Å²) in [6.45, 7) is 15.2. The van der Waals surface area contributed by atoms with Crippen LogP contribution in [0.2, 0.25) is 0 Å². The second-order valence-corrected chi connectivity index (χ2v) is 13.9. The van der Waals surface area contributed by atoms with Gasteiger partial charge in [0, 0.05) is 0 Å². The van der Waals surface area contributed by atoms with Crippen LogP contribution in [0.1, 0.15) is 169 Å². The van der Waals surface area contributed by atoms with Gasteiger partial charge in [0.25, 0.3) is 0 Å². The predicted molar refractivity (Wildman–Crippen MR) is 164 cm³/mol. The summed E-state index contributed by atoms with van der Waals surface area (Å²) < 4.78 is 5.66. The van der Waals surface area contributed by atoms with E-state index in [1.54, 1.807) is 0 Å². The van der Waals surface area contributed by atoms with E-state index in [-0.39, 0.29) is 10.8 Å². The van der Waals surface area contributed by atoms with Crippen molar-refractivity contribution in [1.29, 1.82) is 0 Å². The fraction of sp³-hybridized carbons (Fsp3) is 0.800. The predicted octanol–water partition coefficient (Wildman–Crippen LogP) is 10.4. The number of benzene rings is 1. The molecule has 0 bridgehead atoms. The molecule has 3 nitrogen and oxygen atoms in total. The maximum atomic E-state index is 13.2. The van der Waals surface area contributed by atoms with Crippen molar-refractivity contribution in [2.45, 2.75) is 169 Å². The summed E-state index contributed by atoms with van der Waals surface area (Å²) in [5.41, 5.74) is -0.172. The van der Waals surface area contributed by atoms with Gasteiger partial charge in [-0.05, 0) is 34.8 Å². The molecule has 0 fully saturated rings. The third-order valence-electron chi connectivity index (χ3n) is 7.56. The SMILES string of the molecule is CCCCCCCCCCCCCCCCCCOC(=O)C(O)(CC(C)(C)C)c1cccc(C(C)(C)C)c1. The molecule has 0 aliphatic rings. The van der Waals surface area contributed by atoms with E-state index in [0.29, 0.717) is 18.6 Å². The lowest BCUT2D eigenvalue weighted by atomic mass is 9.76. The molecule has 1 unspecified atom stereocenters. The van der Waals surface area contributed by atoms with Gasteiger partial charge in [0.15, 0.2) is 5.60 Å². The van der Waals surface area contributed by atoms with Gasteiger partial charge in [0.05, 0.1) is 6.61 Å². The van der Waals surface area contributed by atoms with Gasteiger partial charge < -0.3 is 9.84 Å². The lowest BCUT2D eigenvalue weighted by molar-refractivity contribution is -0.170. The van der Waals surface area contributed by atoms with E-state index in [4.69, 9.17) is 4.74 Å². The number of hydrogen-bond acceptors (Lipinski definition) is 3. The monoisotopic (exact) mass is 530 g/mol. The van der Waals surface area contributed by atoms with Gasteiger partial charge in [0.1, 0.15) is 0 Å². The van der Waals surface area contributed by atoms with Crippen LogP contribution in [0.25, 0.3) is 0 Å². The van der Waals surface area contributed by atoms with E-state index < -0.39 is 11.6 Å². The summed E-state index contributed by atoms with van der Waals surface area (Å²) in [4.78, 5) is 13.2. The van der Waals surface area contributed by atoms with Gasteiger partial charge in [-0.25, -0.2) is 4.79 Å². The zero-order valence-electron chi connectivity index (χ0n) is 26.3. The molecular formula is C35H62O3. The van der Waals surface area contributed by atoms with Crippen molar-refractivity contribution >= 4 is 5.97 Å². The van der Waals surface area contributed by atoms with Gasteiger partial charge in [-0.3, -0.25) is 0 Å². The first-order chi connectivity index (χ1) is 17.9. The van der Waals surface area contributed by atoms with E-state index in [0.717, 1.165) is 18.4 Å². The molecule has 0 aromatic heterocycles. The van der Waals surface area contributed by atoms with Crippen LogP contribution < -0.4 is 0 Å². The van der Waals surface area contributed by atoms with Crippen molar-refractivity contribution in [1.82, 2.24) is 0 Å². The van der Waals surface area contributed by atoms with Crippen LogP contribution in [0.4, 0.5) is 0 Å². The van der Waals surface area contributed by atoms with Crippen molar-refractivity contribution < 1.29 is 14.6 Å². The molecule has 1 aromatic carbocycles. The fourth-order valence-electron chi connectivity index (χ4n) is 5.24. The Bertz CT molecular complexity index is 755. The lowest BCUT2D eigenvalue weighted by Crippen LogP contribution is -2.41. The first kappa shape index (κ1) is 34.7. The molecule has 0 spiro atoms. The van der Waals surface area contributed by atoms with Gasteiger partial charge in [-0.15, -0.1) is 0 Å². The van der Waals surface area contributed by atoms with E-state index in [9.17, 15) is 9.90 Å².